The second kappa shape index (κ2) is 4.89. The fourth-order valence-corrected chi connectivity index (χ4v) is 5.54. The lowest BCUT2D eigenvalue weighted by Crippen LogP contribution is -2.62. The minimum absolute atomic E-state index is 0.0495. The molecule has 2 N–H and O–H groups in total. The Hall–Kier alpha value is -1.26. The third-order valence-electron chi connectivity index (χ3n) is 6.01. The van der Waals surface area contributed by atoms with Crippen molar-refractivity contribution in [3.8, 4) is 0 Å². The van der Waals surface area contributed by atoms with Gasteiger partial charge in [0.2, 0.25) is 5.91 Å². The molecule has 4 bridgehead atoms. The standard InChI is InChI=1S/C16H25N3O2/c20-14-1-3-19(4-2-17-14)15(21)18-16-8-11-5-12(9-16)7-13(6-11)10-16/h11-13H,1-10H2,(H,17,20)(H,18,21). The molecule has 21 heavy (non-hydrogen) atoms. The molecule has 5 heteroatoms. The number of hydrogen-bond donors (Lipinski definition) is 2. The maximum atomic E-state index is 12.6. The molecule has 4 saturated carbocycles. The Morgan fingerprint density at radius 1 is 1.10 bits per heavy atom. The van der Waals surface area contributed by atoms with Crippen molar-refractivity contribution in [1.82, 2.24) is 15.5 Å². The largest absolute Gasteiger partial charge is 0.354 e. The van der Waals surface area contributed by atoms with Gasteiger partial charge < -0.3 is 15.5 Å². The number of amides is 3. The molecule has 0 unspecified atom stereocenters. The normalized spacial score (nSPS) is 41.6. The third-order valence-corrected chi connectivity index (χ3v) is 6.01. The summed E-state index contributed by atoms with van der Waals surface area (Å²) in [5, 5.41) is 6.21. The summed E-state index contributed by atoms with van der Waals surface area (Å²) in [6.45, 7) is 1.75. The minimum atomic E-state index is 0.0495. The van der Waals surface area contributed by atoms with E-state index in [4.69, 9.17) is 0 Å². The predicted octanol–water partition coefficient (Wildman–Crippen LogP) is 1.49. The molecule has 0 aromatic rings. The quantitative estimate of drug-likeness (QED) is 0.769. The van der Waals surface area contributed by atoms with Crippen LogP contribution in [0.5, 0.6) is 0 Å². The first kappa shape index (κ1) is 13.4. The number of urea groups is 1. The monoisotopic (exact) mass is 291 g/mol. The summed E-state index contributed by atoms with van der Waals surface area (Å²) < 4.78 is 0. The highest BCUT2D eigenvalue weighted by atomic mass is 16.2. The maximum absolute atomic E-state index is 12.6. The Bertz CT molecular complexity index is 427. The predicted molar refractivity (Wildman–Crippen MR) is 78.6 cm³/mol. The molecular formula is C16H25N3O2. The number of nitrogens with one attached hydrogen (secondary N) is 2. The maximum Gasteiger partial charge on any atom is 0.317 e. The Kier molecular flexibility index (Phi) is 3.12. The van der Waals surface area contributed by atoms with Crippen LogP contribution in [0.15, 0.2) is 0 Å². The van der Waals surface area contributed by atoms with E-state index < -0.39 is 0 Å². The molecule has 4 aliphatic carbocycles. The molecule has 1 heterocycles. The second-order valence-corrected chi connectivity index (χ2v) is 7.72. The van der Waals surface area contributed by atoms with Crippen molar-refractivity contribution < 1.29 is 9.59 Å². The van der Waals surface area contributed by atoms with Crippen LogP contribution in [0.4, 0.5) is 4.79 Å². The smallest absolute Gasteiger partial charge is 0.317 e. The molecule has 0 atom stereocenters. The van der Waals surface area contributed by atoms with Gasteiger partial charge in [0, 0.05) is 31.6 Å². The fraction of sp³-hybridized carbons (Fsp3) is 0.875. The van der Waals surface area contributed by atoms with Crippen molar-refractivity contribution in [2.45, 2.75) is 50.5 Å². The van der Waals surface area contributed by atoms with Crippen molar-refractivity contribution in [3.63, 3.8) is 0 Å². The highest BCUT2D eigenvalue weighted by Gasteiger charge is 2.51. The van der Waals surface area contributed by atoms with Gasteiger partial charge in [0.25, 0.3) is 0 Å². The summed E-state index contributed by atoms with van der Waals surface area (Å²) >= 11 is 0. The highest BCUT2D eigenvalue weighted by molar-refractivity contribution is 5.79. The van der Waals surface area contributed by atoms with E-state index in [2.05, 4.69) is 10.6 Å². The third kappa shape index (κ3) is 2.51. The van der Waals surface area contributed by atoms with E-state index in [0.29, 0.717) is 26.1 Å². The Morgan fingerprint density at radius 2 is 1.71 bits per heavy atom. The molecule has 5 fully saturated rings. The summed E-state index contributed by atoms with van der Waals surface area (Å²) in [7, 11) is 0. The molecule has 0 spiro atoms. The van der Waals surface area contributed by atoms with Crippen LogP contribution in [0.1, 0.15) is 44.9 Å². The van der Waals surface area contributed by atoms with Crippen molar-refractivity contribution in [1.29, 1.82) is 0 Å². The van der Waals surface area contributed by atoms with E-state index in [1.54, 1.807) is 0 Å². The highest BCUT2D eigenvalue weighted by Crippen LogP contribution is 2.55. The van der Waals surface area contributed by atoms with E-state index in [1.165, 1.54) is 38.5 Å². The van der Waals surface area contributed by atoms with Crippen LogP contribution in [0.3, 0.4) is 0 Å². The molecule has 5 nitrogen and oxygen atoms in total. The molecule has 3 amide bonds. The lowest BCUT2D eigenvalue weighted by atomic mass is 9.53. The van der Waals surface area contributed by atoms with Gasteiger partial charge in [0.05, 0.1) is 0 Å². The van der Waals surface area contributed by atoms with Crippen LogP contribution >= 0.6 is 0 Å². The number of hydrogen-bond acceptors (Lipinski definition) is 2. The summed E-state index contributed by atoms with van der Waals surface area (Å²) in [5.74, 6) is 2.57. The molecule has 1 saturated heterocycles. The van der Waals surface area contributed by atoms with Crippen LogP contribution in [0, 0.1) is 17.8 Å². The van der Waals surface area contributed by atoms with Gasteiger partial charge in [-0.25, -0.2) is 4.79 Å². The van der Waals surface area contributed by atoms with Gasteiger partial charge in [-0.1, -0.05) is 0 Å². The summed E-state index contributed by atoms with van der Waals surface area (Å²) in [4.78, 5) is 25.8. The van der Waals surface area contributed by atoms with E-state index in [-0.39, 0.29) is 17.5 Å². The van der Waals surface area contributed by atoms with Gasteiger partial charge in [0.1, 0.15) is 0 Å². The van der Waals surface area contributed by atoms with Crippen molar-refractivity contribution in [2.75, 3.05) is 19.6 Å². The first-order chi connectivity index (χ1) is 10.1. The average Bonchev–Trinajstić information content (AvgIpc) is 2.61. The molecule has 116 valence electrons. The van der Waals surface area contributed by atoms with E-state index in [1.807, 2.05) is 4.90 Å². The molecule has 1 aliphatic heterocycles. The number of nitrogens with zero attached hydrogens (tertiary/aromatic N) is 1. The van der Waals surface area contributed by atoms with Crippen molar-refractivity contribution in [2.24, 2.45) is 17.8 Å². The summed E-state index contributed by atoms with van der Waals surface area (Å²) in [6, 6.07) is 0.0495. The van der Waals surface area contributed by atoms with Gasteiger partial charge in [-0.3, -0.25) is 4.79 Å². The number of rotatable bonds is 1. The summed E-state index contributed by atoms with van der Waals surface area (Å²) in [6.07, 6.45) is 8.11. The Morgan fingerprint density at radius 3 is 2.33 bits per heavy atom. The number of carbonyl (C=O) groups excluding carboxylic acids is 2. The van der Waals surface area contributed by atoms with Gasteiger partial charge in [-0.05, 0) is 56.3 Å². The van der Waals surface area contributed by atoms with Gasteiger partial charge in [0.15, 0.2) is 0 Å². The zero-order valence-corrected chi connectivity index (χ0v) is 12.6. The fourth-order valence-electron chi connectivity index (χ4n) is 5.54. The Balaban J connectivity index is 1.43. The van der Waals surface area contributed by atoms with Crippen LogP contribution in [-0.4, -0.2) is 42.0 Å². The van der Waals surface area contributed by atoms with Crippen molar-refractivity contribution >= 4 is 11.9 Å². The van der Waals surface area contributed by atoms with Crippen LogP contribution < -0.4 is 10.6 Å². The van der Waals surface area contributed by atoms with Crippen LogP contribution in [0.25, 0.3) is 0 Å². The SMILES string of the molecule is O=C1CCN(C(=O)NC23CC4CC(CC(C4)C2)C3)CCN1. The van der Waals surface area contributed by atoms with Crippen LogP contribution in [0.2, 0.25) is 0 Å². The second-order valence-electron chi connectivity index (χ2n) is 7.72. The van der Waals surface area contributed by atoms with Crippen molar-refractivity contribution in [3.05, 3.63) is 0 Å². The molecule has 0 aromatic heterocycles. The molecule has 5 rings (SSSR count). The molecule has 0 aromatic carbocycles. The topological polar surface area (TPSA) is 61.4 Å². The first-order valence-corrected chi connectivity index (χ1v) is 8.46. The first-order valence-electron chi connectivity index (χ1n) is 8.46. The molecular weight excluding hydrogens is 266 g/mol. The van der Waals surface area contributed by atoms with Gasteiger partial charge in [-0.15, -0.1) is 0 Å². The number of carbonyl (C=O) groups is 2. The zero-order valence-electron chi connectivity index (χ0n) is 12.6. The van der Waals surface area contributed by atoms with E-state index in [9.17, 15) is 9.59 Å². The van der Waals surface area contributed by atoms with Gasteiger partial charge >= 0.3 is 6.03 Å². The lowest BCUT2D eigenvalue weighted by Gasteiger charge is -2.57. The zero-order chi connectivity index (χ0) is 14.4. The minimum Gasteiger partial charge on any atom is -0.354 e. The van der Waals surface area contributed by atoms with Gasteiger partial charge in [-0.2, -0.15) is 0 Å². The lowest BCUT2D eigenvalue weighted by molar-refractivity contribution is -0.120. The van der Waals surface area contributed by atoms with E-state index in [0.717, 1.165) is 17.8 Å². The Labute approximate surface area is 125 Å². The summed E-state index contributed by atoms with van der Waals surface area (Å²) in [5.41, 5.74) is 0.0651. The van der Waals surface area contributed by atoms with E-state index >= 15 is 0 Å². The average molecular weight is 291 g/mol. The molecule has 5 aliphatic rings. The van der Waals surface area contributed by atoms with Crippen LogP contribution in [-0.2, 0) is 4.79 Å². The molecule has 0 radical (unpaired) electrons.